The quantitative estimate of drug-likeness (QED) is 0.893. The Morgan fingerprint density at radius 3 is 2.75 bits per heavy atom. The molecule has 2 rings (SSSR count). The Kier molecular flexibility index (Phi) is 4.98. The van der Waals surface area contributed by atoms with Gasteiger partial charge in [-0.25, -0.2) is 0 Å². The molecule has 0 amide bonds. The third kappa shape index (κ3) is 3.49. The fourth-order valence-electron chi connectivity index (χ4n) is 2.54. The molecule has 0 spiro atoms. The van der Waals surface area contributed by atoms with Crippen LogP contribution in [0.1, 0.15) is 46.5 Å². The topological polar surface area (TPSA) is 63.2 Å². The van der Waals surface area contributed by atoms with E-state index in [0.29, 0.717) is 18.0 Å². The van der Waals surface area contributed by atoms with Gasteiger partial charge < -0.3 is 15.0 Å². The number of nitrogens with one attached hydrogen (secondary N) is 1. The smallest absolute Gasteiger partial charge is 0.323 e. The minimum atomic E-state index is 0.0540. The van der Waals surface area contributed by atoms with Crippen LogP contribution < -0.4 is 15.0 Å². The Labute approximate surface area is 121 Å². The van der Waals surface area contributed by atoms with Crippen LogP contribution in [-0.2, 0) is 0 Å². The van der Waals surface area contributed by atoms with Gasteiger partial charge in [0.2, 0.25) is 11.9 Å². The van der Waals surface area contributed by atoms with Crippen molar-refractivity contribution in [3.05, 3.63) is 0 Å². The van der Waals surface area contributed by atoms with Crippen LogP contribution in [0.25, 0.3) is 0 Å². The van der Waals surface area contributed by atoms with Crippen molar-refractivity contribution in [2.75, 3.05) is 23.8 Å². The van der Waals surface area contributed by atoms with Crippen molar-refractivity contribution in [2.45, 2.75) is 58.6 Å². The monoisotopic (exact) mass is 279 g/mol. The number of piperidine rings is 1. The van der Waals surface area contributed by atoms with E-state index in [1.807, 2.05) is 20.9 Å². The molecule has 1 aromatic heterocycles. The molecule has 6 heteroatoms. The van der Waals surface area contributed by atoms with Gasteiger partial charge in [-0.2, -0.15) is 15.0 Å². The minimum absolute atomic E-state index is 0.0540. The van der Waals surface area contributed by atoms with Crippen molar-refractivity contribution in [3.8, 4) is 6.01 Å². The molecule has 20 heavy (non-hydrogen) atoms. The van der Waals surface area contributed by atoms with Crippen molar-refractivity contribution < 1.29 is 4.74 Å². The first-order valence-electron chi connectivity index (χ1n) is 7.51. The van der Waals surface area contributed by atoms with Crippen LogP contribution in [0, 0.1) is 0 Å². The van der Waals surface area contributed by atoms with Gasteiger partial charge >= 0.3 is 6.01 Å². The molecule has 0 aromatic carbocycles. The van der Waals surface area contributed by atoms with E-state index in [2.05, 4.69) is 32.1 Å². The summed E-state index contributed by atoms with van der Waals surface area (Å²) in [4.78, 5) is 15.5. The van der Waals surface area contributed by atoms with Gasteiger partial charge in [0.05, 0.1) is 6.10 Å². The molecule has 0 aliphatic carbocycles. The standard InChI is InChI=1S/C14H25N5O/c1-5-11-8-6-7-9-19(11)13-16-12(15-4)17-14(18-13)20-10(2)3/h10-11H,5-9H2,1-4H3,(H,15,16,17,18). The maximum atomic E-state index is 5.63. The molecule has 1 aliphatic heterocycles. The molecule has 1 N–H and O–H groups in total. The van der Waals surface area contributed by atoms with Crippen LogP contribution in [0.15, 0.2) is 0 Å². The Hall–Kier alpha value is -1.59. The van der Waals surface area contributed by atoms with E-state index in [1.54, 1.807) is 0 Å². The summed E-state index contributed by atoms with van der Waals surface area (Å²) in [5.74, 6) is 1.29. The second-order valence-electron chi connectivity index (χ2n) is 5.41. The number of anilines is 2. The van der Waals surface area contributed by atoms with E-state index in [0.717, 1.165) is 18.9 Å². The Bertz CT molecular complexity index is 438. The highest BCUT2D eigenvalue weighted by molar-refractivity contribution is 5.39. The normalized spacial score (nSPS) is 19.2. The summed E-state index contributed by atoms with van der Waals surface area (Å²) >= 11 is 0. The molecular formula is C14H25N5O. The summed E-state index contributed by atoms with van der Waals surface area (Å²) < 4.78 is 5.63. The molecule has 0 radical (unpaired) electrons. The first-order valence-corrected chi connectivity index (χ1v) is 7.51. The molecule has 2 heterocycles. The van der Waals surface area contributed by atoms with Crippen molar-refractivity contribution in [3.63, 3.8) is 0 Å². The van der Waals surface area contributed by atoms with E-state index < -0.39 is 0 Å². The molecule has 1 unspecified atom stereocenters. The summed E-state index contributed by atoms with van der Waals surface area (Å²) in [7, 11) is 1.81. The lowest BCUT2D eigenvalue weighted by Crippen LogP contribution is -2.40. The Balaban J connectivity index is 2.28. The third-order valence-corrected chi connectivity index (χ3v) is 3.52. The number of hydrogen-bond donors (Lipinski definition) is 1. The highest BCUT2D eigenvalue weighted by Crippen LogP contribution is 2.25. The van der Waals surface area contributed by atoms with Gasteiger partial charge in [0.1, 0.15) is 0 Å². The van der Waals surface area contributed by atoms with Gasteiger partial charge in [0.25, 0.3) is 0 Å². The number of rotatable bonds is 5. The summed E-state index contributed by atoms with van der Waals surface area (Å²) in [6.45, 7) is 7.16. The highest BCUT2D eigenvalue weighted by Gasteiger charge is 2.24. The molecule has 0 saturated carbocycles. The number of hydrogen-bond acceptors (Lipinski definition) is 6. The van der Waals surface area contributed by atoms with Gasteiger partial charge in [-0.05, 0) is 39.5 Å². The van der Waals surface area contributed by atoms with E-state index in [9.17, 15) is 0 Å². The zero-order valence-electron chi connectivity index (χ0n) is 12.9. The second-order valence-corrected chi connectivity index (χ2v) is 5.41. The van der Waals surface area contributed by atoms with Crippen LogP contribution >= 0.6 is 0 Å². The lowest BCUT2D eigenvalue weighted by Gasteiger charge is -2.35. The zero-order valence-corrected chi connectivity index (χ0v) is 12.9. The average molecular weight is 279 g/mol. The lowest BCUT2D eigenvalue weighted by molar-refractivity contribution is 0.221. The highest BCUT2D eigenvalue weighted by atomic mass is 16.5. The lowest BCUT2D eigenvalue weighted by atomic mass is 10.0. The van der Waals surface area contributed by atoms with Crippen molar-refractivity contribution in [1.29, 1.82) is 0 Å². The summed E-state index contributed by atoms with van der Waals surface area (Å²) in [5, 5.41) is 2.98. The first-order chi connectivity index (χ1) is 9.63. The molecule has 0 bridgehead atoms. The van der Waals surface area contributed by atoms with Crippen molar-refractivity contribution in [2.24, 2.45) is 0 Å². The maximum absolute atomic E-state index is 5.63. The van der Waals surface area contributed by atoms with Gasteiger partial charge in [-0.1, -0.05) is 6.92 Å². The van der Waals surface area contributed by atoms with Crippen LogP contribution in [-0.4, -0.2) is 40.7 Å². The third-order valence-electron chi connectivity index (χ3n) is 3.52. The summed E-state index contributed by atoms with van der Waals surface area (Å²) in [6.07, 6.45) is 4.85. The molecule has 1 saturated heterocycles. The molecule has 1 fully saturated rings. The number of aromatic nitrogens is 3. The summed E-state index contributed by atoms with van der Waals surface area (Å²) in [6, 6.07) is 0.914. The van der Waals surface area contributed by atoms with E-state index in [4.69, 9.17) is 4.74 Å². The van der Waals surface area contributed by atoms with Gasteiger partial charge in [-0.15, -0.1) is 0 Å². The predicted octanol–water partition coefficient (Wildman–Crippen LogP) is 2.47. The maximum Gasteiger partial charge on any atom is 0.323 e. The van der Waals surface area contributed by atoms with Crippen molar-refractivity contribution >= 4 is 11.9 Å². The second kappa shape index (κ2) is 6.72. The SMILES string of the molecule is CCC1CCCCN1c1nc(NC)nc(OC(C)C)n1. The van der Waals surface area contributed by atoms with Gasteiger partial charge in [0.15, 0.2) is 0 Å². The molecule has 6 nitrogen and oxygen atoms in total. The van der Waals surface area contributed by atoms with E-state index >= 15 is 0 Å². The van der Waals surface area contributed by atoms with Crippen LogP contribution in [0.3, 0.4) is 0 Å². The Morgan fingerprint density at radius 1 is 1.30 bits per heavy atom. The van der Waals surface area contributed by atoms with Crippen LogP contribution in [0.5, 0.6) is 6.01 Å². The van der Waals surface area contributed by atoms with E-state index in [-0.39, 0.29) is 6.10 Å². The molecule has 1 aliphatic rings. The van der Waals surface area contributed by atoms with Crippen molar-refractivity contribution in [1.82, 2.24) is 15.0 Å². The van der Waals surface area contributed by atoms with Gasteiger partial charge in [0, 0.05) is 19.6 Å². The van der Waals surface area contributed by atoms with Gasteiger partial charge in [-0.3, -0.25) is 0 Å². The van der Waals surface area contributed by atoms with Crippen LogP contribution in [0.2, 0.25) is 0 Å². The zero-order chi connectivity index (χ0) is 14.5. The van der Waals surface area contributed by atoms with E-state index in [1.165, 1.54) is 19.3 Å². The molecule has 112 valence electrons. The first kappa shape index (κ1) is 14.8. The molecular weight excluding hydrogens is 254 g/mol. The Morgan fingerprint density at radius 2 is 2.10 bits per heavy atom. The fraction of sp³-hybridized carbons (Fsp3) is 0.786. The average Bonchev–Trinajstić information content (AvgIpc) is 2.46. The number of ether oxygens (including phenoxy) is 1. The fourth-order valence-corrected chi connectivity index (χ4v) is 2.54. The molecule has 1 atom stereocenters. The molecule has 1 aromatic rings. The summed E-state index contributed by atoms with van der Waals surface area (Å²) in [5.41, 5.74) is 0. The van der Waals surface area contributed by atoms with Crippen LogP contribution in [0.4, 0.5) is 11.9 Å². The predicted molar refractivity (Wildman–Crippen MR) is 80.4 cm³/mol. The number of nitrogens with zero attached hydrogens (tertiary/aromatic N) is 4. The minimum Gasteiger partial charge on any atom is -0.461 e. The largest absolute Gasteiger partial charge is 0.461 e.